The van der Waals surface area contributed by atoms with Gasteiger partial charge in [0.1, 0.15) is 17.5 Å². The van der Waals surface area contributed by atoms with Gasteiger partial charge in [0.05, 0.1) is 49.3 Å². The fourth-order valence-corrected chi connectivity index (χ4v) is 4.18. The molecular formula is C20H13Cl4N3O8. The molecule has 1 unspecified atom stereocenters. The standard InChI is InChI=1S/C20H13Cl4N3O8/c1-7(26-18(29)12-13(19(26)30)15(22)17(24)16(23)14(12)21)20(31)35-6-11(28)25-9-4-3-8(34-2)5-10(9)27(32)33/h3-5,7H,6H2,1-2H3,(H,25,28). The number of esters is 1. The molecule has 1 aliphatic rings. The molecule has 0 saturated heterocycles. The van der Waals surface area contributed by atoms with Crippen LogP contribution in [0.5, 0.6) is 5.75 Å². The van der Waals surface area contributed by atoms with Crippen LogP contribution in [0.1, 0.15) is 27.6 Å². The maximum atomic E-state index is 12.8. The minimum Gasteiger partial charge on any atom is -0.496 e. The van der Waals surface area contributed by atoms with Crippen molar-refractivity contribution in [2.75, 3.05) is 19.0 Å². The van der Waals surface area contributed by atoms with Crippen LogP contribution < -0.4 is 10.1 Å². The number of anilines is 1. The zero-order valence-electron chi connectivity index (χ0n) is 17.7. The van der Waals surface area contributed by atoms with Crippen molar-refractivity contribution >= 4 is 81.5 Å². The lowest BCUT2D eigenvalue weighted by Crippen LogP contribution is -2.44. The predicted molar refractivity (Wildman–Crippen MR) is 126 cm³/mol. The maximum absolute atomic E-state index is 12.8. The van der Waals surface area contributed by atoms with E-state index in [1.54, 1.807) is 0 Å². The number of ether oxygens (including phenoxy) is 2. The van der Waals surface area contributed by atoms with E-state index in [4.69, 9.17) is 55.9 Å². The Bertz CT molecular complexity index is 1250. The summed E-state index contributed by atoms with van der Waals surface area (Å²) in [4.78, 5) is 61.4. The molecule has 0 bridgehead atoms. The number of fused-ring (bicyclic) bond motifs is 1. The Labute approximate surface area is 216 Å². The van der Waals surface area contributed by atoms with Gasteiger partial charge < -0.3 is 14.8 Å². The van der Waals surface area contributed by atoms with E-state index >= 15 is 0 Å². The largest absolute Gasteiger partial charge is 0.496 e. The highest BCUT2D eigenvalue weighted by Crippen LogP contribution is 2.45. The van der Waals surface area contributed by atoms with E-state index in [-0.39, 0.29) is 42.7 Å². The van der Waals surface area contributed by atoms with Crippen molar-refractivity contribution in [2.24, 2.45) is 0 Å². The summed E-state index contributed by atoms with van der Waals surface area (Å²) in [5.74, 6) is -3.76. The molecule has 0 aliphatic carbocycles. The topological polar surface area (TPSA) is 145 Å². The Hall–Kier alpha value is -3.12. The fourth-order valence-electron chi connectivity index (χ4n) is 3.16. The molecule has 1 atom stereocenters. The Morgan fingerprint density at radius 2 is 1.60 bits per heavy atom. The summed E-state index contributed by atoms with van der Waals surface area (Å²) in [6.07, 6.45) is 0. The monoisotopic (exact) mass is 563 g/mol. The first-order chi connectivity index (χ1) is 16.4. The van der Waals surface area contributed by atoms with Gasteiger partial charge in [-0.25, -0.2) is 4.79 Å². The molecule has 1 heterocycles. The number of nitro benzene ring substituents is 1. The second-order valence-corrected chi connectivity index (χ2v) is 8.47. The number of hydrogen-bond donors (Lipinski definition) is 1. The van der Waals surface area contributed by atoms with E-state index in [0.717, 1.165) is 6.07 Å². The zero-order chi connectivity index (χ0) is 26.2. The quantitative estimate of drug-likeness (QED) is 0.130. The highest BCUT2D eigenvalue weighted by molar-refractivity contribution is 6.55. The van der Waals surface area contributed by atoms with Crippen LogP contribution in [-0.4, -0.2) is 53.3 Å². The van der Waals surface area contributed by atoms with Crippen molar-refractivity contribution in [3.8, 4) is 5.75 Å². The molecule has 3 rings (SSSR count). The summed E-state index contributed by atoms with van der Waals surface area (Å²) >= 11 is 24.0. The third-order valence-corrected chi connectivity index (χ3v) is 6.68. The van der Waals surface area contributed by atoms with E-state index < -0.39 is 47.0 Å². The van der Waals surface area contributed by atoms with Gasteiger partial charge in [-0.2, -0.15) is 0 Å². The van der Waals surface area contributed by atoms with E-state index in [1.807, 2.05) is 0 Å². The van der Waals surface area contributed by atoms with Crippen LogP contribution in [0.15, 0.2) is 18.2 Å². The molecule has 1 N–H and O–H groups in total. The van der Waals surface area contributed by atoms with Crippen LogP contribution in [0, 0.1) is 10.1 Å². The number of rotatable bonds is 7. The highest BCUT2D eigenvalue weighted by atomic mass is 35.5. The summed E-state index contributed by atoms with van der Waals surface area (Å²) in [5.41, 5.74) is -1.25. The minimum absolute atomic E-state index is 0.164. The average Bonchev–Trinajstić information content (AvgIpc) is 3.09. The number of halogens is 4. The van der Waals surface area contributed by atoms with Crippen LogP contribution in [0.2, 0.25) is 20.1 Å². The molecule has 0 radical (unpaired) electrons. The highest BCUT2D eigenvalue weighted by Gasteiger charge is 2.45. The second kappa shape index (κ2) is 10.2. The Morgan fingerprint density at radius 3 is 2.09 bits per heavy atom. The fraction of sp³-hybridized carbons (Fsp3) is 0.200. The molecule has 2 aromatic carbocycles. The number of benzene rings is 2. The maximum Gasteiger partial charge on any atom is 0.329 e. The van der Waals surface area contributed by atoms with Gasteiger partial charge in [-0.05, 0) is 19.1 Å². The lowest BCUT2D eigenvalue weighted by Gasteiger charge is -2.20. The summed E-state index contributed by atoms with van der Waals surface area (Å²) in [7, 11) is 1.32. The molecule has 35 heavy (non-hydrogen) atoms. The Kier molecular flexibility index (Phi) is 7.75. The number of hydrogen-bond acceptors (Lipinski definition) is 8. The zero-order valence-corrected chi connectivity index (χ0v) is 20.7. The Balaban J connectivity index is 1.72. The van der Waals surface area contributed by atoms with Crippen molar-refractivity contribution in [1.29, 1.82) is 0 Å². The van der Waals surface area contributed by atoms with Gasteiger partial charge in [-0.1, -0.05) is 46.4 Å². The predicted octanol–water partition coefficient (Wildman–Crippen LogP) is 4.38. The van der Waals surface area contributed by atoms with Crippen molar-refractivity contribution < 1.29 is 33.6 Å². The van der Waals surface area contributed by atoms with E-state index in [9.17, 15) is 29.3 Å². The van der Waals surface area contributed by atoms with Gasteiger partial charge in [-0.15, -0.1) is 0 Å². The molecule has 15 heteroatoms. The smallest absolute Gasteiger partial charge is 0.329 e. The van der Waals surface area contributed by atoms with Crippen LogP contribution in [-0.2, 0) is 14.3 Å². The van der Waals surface area contributed by atoms with Crippen molar-refractivity contribution in [3.63, 3.8) is 0 Å². The number of methoxy groups -OCH3 is 1. The van der Waals surface area contributed by atoms with E-state index in [1.165, 1.54) is 26.2 Å². The second-order valence-electron chi connectivity index (χ2n) is 6.96. The lowest BCUT2D eigenvalue weighted by molar-refractivity contribution is -0.384. The number of carbonyl (C=O) groups is 4. The molecule has 0 fully saturated rings. The summed E-state index contributed by atoms with van der Waals surface area (Å²) in [6, 6.07) is 2.23. The van der Waals surface area contributed by atoms with Gasteiger partial charge in [0, 0.05) is 0 Å². The van der Waals surface area contributed by atoms with E-state index in [0.29, 0.717) is 4.90 Å². The minimum atomic E-state index is -1.49. The van der Waals surface area contributed by atoms with Crippen LogP contribution in [0.25, 0.3) is 0 Å². The number of amides is 3. The third kappa shape index (κ3) is 4.85. The first-order valence-corrected chi connectivity index (χ1v) is 10.9. The van der Waals surface area contributed by atoms with Gasteiger partial charge in [0.2, 0.25) is 0 Å². The first kappa shape index (κ1) is 26.5. The molecule has 0 saturated carbocycles. The van der Waals surface area contributed by atoms with Gasteiger partial charge in [0.15, 0.2) is 6.61 Å². The molecule has 11 nitrogen and oxygen atoms in total. The molecule has 0 aromatic heterocycles. The third-order valence-electron chi connectivity index (χ3n) is 4.88. The summed E-state index contributed by atoms with van der Waals surface area (Å²) in [6.45, 7) is 0.315. The molecule has 0 spiro atoms. The number of nitro groups is 1. The molecule has 2 aromatic rings. The normalized spacial score (nSPS) is 13.4. The van der Waals surface area contributed by atoms with Crippen LogP contribution >= 0.6 is 46.4 Å². The number of imide groups is 1. The van der Waals surface area contributed by atoms with Crippen LogP contribution in [0.3, 0.4) is 0 Å². The molecular weight excluding hydrogens is 552 g/mol. The van der Waals surface area contributed by atoms with Crippen LogP contribution in [0.4, 0.5) is 11.4 Å². The molecule has 1 aliphatic heterocycles. The van der Waals surface area contributed by atoms with Gasteiger partial charge in [0.25, 0.3) is 23.4 Å². The SMILES string of the molecule is COc1ccc(NC(=O)COC(=O)C(C)N2C(=O)c3c(Cl)c(Cl)c(Cl)c(Cl)c3C2=O)c([N+](=O)[O-])c1. The van der Waals surface area contributed by atoms with Crippen molar-refractivity contribution in [2.45, 2.75) is 13.0 Å². The van der Waals surface area contributed by atoms with Crippen molar-refractivity contribution in [1.82, 2.24) is 4.90 Å². The van der Waals surface area contributed by atoms with E-state index in [2.05, 4.69) is 5.32 Å². The first-order valence-electron chi connectivity index (χ1n) is 9.43. The molecule has 184 valence electrons. The summed E-state index contributed by atoms with van der Waals surface area (Å²) in [5, 5.41) is 12.4. The molecule has 3 amide bonds. The summed E-state index contributed by atoms with van der Waals surface area (Å²) < 4.78 is 9.80. The number of nitrogens with zero attached hydrogens (tertiary/aromatic N) is 2. The average molecular weight is 565 g/mol. The van der Waals surface area contributed by atoms with Gasteiger partial charge in [-0.3, -0.25) is 29.4 Å². The number of carbonyl (C=O) groups excluding carboxylic acids is 4. The Morgan fingerprint density at radius 1 is 1.06 bits per heavy atom. The number of nitrogens with one attached hydrogen (secondary N) is 1. The lowest BCUT2D eigenvalue weighted by atomic mass is 10.1. The van der Waals surface area contributed by atoms with Crippen molar-refractivity contribution in [3.05, 3.63) is 59.5 Å². The van der Waals surface area contributed by atoms with Gasteiger partial charge >= 0.3 is 5.97 Å².